The van der Waals surface area contributed by atoms with Gasteiger partial charge < -0.3 is 15.0 Å². The molecule has 1 aliphatic carbocycles. The van der Waals surface area contributed by atoms with Gasteiger partial charge in [0.15, 0.2) is 0 Å². The average Bonchev–Trinajstić information content (AvgIpc) is 2.30. The molecule has 1 aliphatic rings. The Hall–Kier alpha value is -0.770. The average molecular weight is 270 g/mol. The minimum Gasteiger partial charge on any atom is -0.444 e. The van der Waals surface area contributed by atoms with Crippen molar-refractivity contribution in [3.8, 4) is 0 Å². The highest BCUT2D eigenvalue weighted by Gasteiger charge is 2.26. The molecule has 112 valence electrons. The van der Waals surface area contributed by atoms with E-state index in [9.17, 15) is 4.79 Å². The molecule has 0 radical (unpaired) electrons. The van der Waals surface area contributed by atoms with Crippen LogP contribution in [0.2, 0.25) is 0 Å². The lowest BCUT2D eigenvalue weighted by Crippen LogP contribution is -2.45. The maximum absolute atomic E-state index is 11.7. The summed E-state index contributed by atoms with van der Waals surface area (Å²) in [5.41, 5.74) is -0.414. The summed E-state index contributed by atoms with van der Waals surface area (Å²) < 4.78 is 5.30. The number of rotatable bonds is 4. The number of carbonyl (C=O) groups excluding carboxylic acids is 1. The summed E-state index contributed by atoms with van der Waals surface area (Å²) in [6.45, 7) is 12.3. The molecule has 0 spiro atoms. The predicted molar refractivity (Wildman–Crippen MR) is 78.3 cm³/mol. The van der Waals surface area contributed by atoms with Crippen LogP contribution in [0.5, 0.6) is 0 Å². The second-order valence-electron chi connectivity index (χ2n) is 6.37. The largest absolute Gasteiger partial charge is 0.444 e. The van der Waals surface area contributed by atoms with Gasteiger partial charge in [-0.2, -0.15) is 0 Å². The van der Waals surface area contributed by atoms with Gasteiger partial charge in [0.05, 0.1) is 0 Å². The molecule has 19 heavy (non-hydrogen) atoms. The summed E-state index contributed by atoms with van der Waals surface area (Å²) >= 11 is 0. The first-order valence-corrected chi connectivity index (χ1v) is 7.59. The van der Waals surface area contributed by atoms with E-state index >= 15 is 0 Å². The van der Waals surface area contributed by atoms with Crippen LogP contribution in [0.4, 0.5) is 4.79 Å². The van der Waals surface area contributed by atoms with Crippen LogP contribution in [0.25, 0.3) is 0 Å². The molecule has 0 heterocycles. The molecule has 0 aromatic rings. The molecule has 0 aromatic heterocycles. The van der Waals surface area contributed by atoms with E-state index in [1.54, 1.807) is 0 Å². The zero-order valence-electron chi connectivity index (χ0n) is 13.2. The monoisotopic (exact) mass is 270 g/mol. The minimum absolute atomic E-state index is 0.279. The summed E-state index contributed by atoms with van der Waals surface area (Å²) in [6.07, 6.45) is 4.17. The van der Waals surface area contributed by atoms with Crippen molar-refractivity contribution in [3.63, 3.8) is 0 Å². The molecule has 4 nitrogen and oxygen atoms in total. The second-order valence-corrected chi connectivity index (χ2v) is 6.37. The molecule has 4 heteroatoms. The van der Waals surface area contributed by atoms with Gasteiger partial charge in [0.1, 0.15) is 5.60 Å². The molecule has 1 N–H and O–H groups in total. The van der Waals surface area contributed by atoms with E-state index in [-0.39, 0.29) is 12.1 Å². The van der Waals surface area contributed by atoms with Gasteiger partial charge in [-0.15, -0.1) is 0 Å². The van der Waals surface area contributed by atoms with Crippen molar-refractivity contribution in [2.45, 2.75) is 78.0 Å². The van der Waals surface area contributed by atoms with Gasteiger partial charge in [0, 0.05) is 12.1 Å². The topological polar surface area (TPSA) is 41.6 Å². The Morgan fingerprint density at radius 2 is 1.68 bits per heavy atom. The second kappa shape index (κ2) is 7.13. The van der Waals surface area contributed by atoms with E-state index in [0.717, 1.165) is 25.9 Å². The fourth-order valence-electron chi connectivity index (χ4n) is 2.80. The Morgan fingerprint density at radius 1 is 1.16 bits per heavy atom. The van der Waals surface area contributed by atoms with E-state index in [4.69, 9.17) is 4.74 Å². The standard InChI is InChI=1S/C15H30N2O2/c1-6-17(7-2)13-10-8-12(9-11-13)16-14(18)19-15(3,4)5/h12-13H,6-11H2,1-5H3,(H,16,18). The molecule has 1 saturated carbocycles. The zero-order chi connectivity index (χ0) is 14.5. The number of ether oxygens (including phenoxy) is 1. The predicted octanol–water partition coefficient (Wildman–Crippen LogP) is 3.16. The van der Waals surface area contributed by atoms with Crippen molar-refractivity contribution in [2.75, 3.05) is 13.1 Å². The molecule has 0 bridgehead atoms. The molecular weight excluding hydrogens is 240 g/mol. The molecular formula is C15H30N2O2. The molecule has 0 unspecified atom stereocenters. The third-order valence-corrected chi connectivity index (χ3v) is 3.75. The molecule has 0 aliphatic heterocycles. The van der Waals surface area contributed by atoms with Crippen LogP contribution in [-0.4, -0.2) is 41.8 Å². The van der Waals surface area contributed by atoms with Gasteiger partial charge >= 0.3 is 6.09 Å². The van der Waals surface area contributed by atoms with E-state index in [1.165, 1.54) is 12.8 Å². The lowest BCUT2D eigenvalue weighted by atomic mass is 9.90. The highest BCUT2D eigenvalue weighted by molar-refractivity contribution is 5.68. The maximum Gasteiger partial charge on any atom is 0.407 e. The molecule has 1 rings (SSSR count). The van der Waals surface area contributed by atoms with Crippen LogP contribution < -0.4 is 5.32 Å². The van der Waals surface area contributed by atoms with Crippen LogP contribution in [0, 0.1) is 0 Å². The Morgan fingerprint density at radius 3 is 2.11 bits per heavy atom. The summed E-state index contributed by atoms with van der Waals surface area (Å²) in [4.78, 5) is 14.2. The van der Waals surface area contributed by atoms with E-state index in [2.05, 4.69) is 24.1 Å². The lowest BCUT2D eigenvalue weighted by molar-refractivity contribution is 0.0478. The first-order valence-electron chi connectivity index (χ1n) is 7.59. The Labute approximate surface area is 117 Å². The summed E-state index contributed by atoms with van der Waals surface area (Å²) in [7, 11) is 0. The molecule has 0 saturated heterocycles. The van der Waals surface area contributed by atoms with Crippen molar-refractivity contribution in [1.82, 2.24) is 10.2 Å². The van der Waals surface area contributed by atoms with Crippen LogP contribution in [-0.2, 0) is 4.74 Å². The van der Waals surface area contributed by atoms with Crippen LogP contribution in [0.1, 0.15) is 60.3 Å². The number of amides is 1. The summed E-state index contributed by atoms with van der Waals surface area (Å²) in [5, 5.41) is 2.99. The number of hydrogen-bond acceptors (Lipinski definition) is 3. The highest BCUT2D eigenvalue weighted by Crippen LogP contribution is 2.23. The number of nitrogens with one attached hydrogen (secondary N) is 1. The number of alkyl carbamates (subject to hydrolysis) is 1. The zero-order valence-corrected chi connectivity index (χ0v) is 13.2. The van der Waals surface area contributed by atoms with Gasteiger partial charge in [-0.05, 0) is 59.5 Å². The first-order chi connectivity index (χ1) is 8.85. The SMILES string of the molecule is CCN(CC)C1CCC(NC(=O)OC(C)(C)C)CC1. The molecule has 1 amide bonds. The van der Waals surface area contributed by atoms with Gasteiger partial charge in [0.2, 0.25) is 0 Å². The van der Waals surface area contributed by atoms with Crippen molar-refractivity contribution >= 4 is 6.09 Å². The Balaban J connectivity index is 2.32. The van der Waals surface area contributed by atoms with E-state index in [1.807, 2.05) is 20.8 Å². The normalized spacial score (nSPS) is 24.3. The third kappa shape index (κ3) is 5.81. The first kappa shape index (κ1) is 16.3. The summed E-state index contributed by atoms with van der Waals surface area (Å²) in [5.74, 6) is 0. The number of carbonyl (C=O) groups is 1. The van der Waals surface area contributed by atoms with E-state index < -0.39 is 5.60 Å². The van der Waals surface area contributed by atoms with Crippen molar-refractivity contribution in [1.29, 1.82) is 0 Å². The van der Waals surface area contributed by atoms with Crippen LogP contribution >= 0.6 is 0 Å². The lowest BCUT2D eigenvalue weighted by Gasteiger charge is -2.36. The van der Waals surface area contributed by atoms with Gasteiger partial charge in [-0.3, -0.25) is 0 Å². The van der Waals surface area contributed by atoms with Crippen molar-refractivity contribution < 1.29 is 9.53 Å². The smallest absolute Gasteiger partial charge is 0.407 e. The minimum atomic E-state index is -0.414. The molecule has 0 aromatic carbocycles. The van der Waals surface area contributed by atoms with Gasteiger partial charge in [-0.1, -0.05) is 13.8 Å². The van der Waals surface area contributed by atoms with Crippen LogP contribution in [0.3, 0.4) is 0 Å². The Bertz CT molecular complexity index is 274. The number of hydrogen-bond donors (Lipinski definition) is 1. The summed E-state index contributed by atoms with van der Waals surface area (Å²) in [6, 6.07) is 0.966. The maximum atomic E-state index is 11.7. The third-order valence-electron chi connectivity index (χ3n) is 3.75. The van der Waals surface area contributed by atoms with Gasteiger partial charge in [0.25, 0.3) is 0 Å². The molecule has 1 fully saturated rings. The molecule has 0 atom stereocenters. The quantitative estimate of drug-likeness (QED) is 0.853. The highest BCUT2D eigenvalue weighted by atomic mass is 16.6. The van der Waals surface area contributed by atoms with Crippen LogP contribution in [0.15, 0.2) is 0 Å². The van der Waals surface area contributed by atoms with Crippen molar-refractivity contribution in [2.24, 2.45) is 0 Å². The van der Waals surface area contributed by atoms with E-state index in [0.29, 0.717) is 6.04 Å². The fraction of sp³-hybridized carbons (Fsp3) is 0.933. The fourth-order valence-corrected chi connectivity index (χ4v) is 2.80. The number of nitrogens with zero attached hydrogens (tertiary/aromatic N) is 1. The van der Waals surface area contributed by atoms with Gasteiger partial charge in [-0.25, -0.2) is 4.79 Å². The Kier molecular flexibility index (Phi) is 6.11. The van der Waals surface area contributed by atoms with Crippen molar-refractivity contribution in [3.05, 3.63) is 0 Å².